The molecular weight excluding hydrogens is 340 g/mol. The SMILES string of the molecule is Cc1cccc(C)c1OC(C)C(=O)Nc1ccccc1C(=O)NC(C)(C)C. The standard InChI is InChI=1S/C22H28N2O3/c1-14-10-9-11-15(2)19(14)27-16(3)20(25)23-18-13-8-7-12-17(18)21(26)24-22(4,5)6/h7-13,16H,1-6H3,(H,23,25)(H,24,26). The van der Waals surface area contributed by atoms with Gasteiger partial charge in [0.1, 0.15) is 5.75 Å². The molecule has 144 valence electrons. The molecule has 2 rings (SSSR count). The maximum Gasteiger partial charge on any atom is 0.265 e. The average molecular weight is 368 g/mol. The second-order valence-electron chi connectivity index (χ2n) is 7.72. The predicted molar refractivity (Wildman–Crippen MR) is 108 cm³/mol. The topological polar surface area (TPSA) is 67.4 Å². The van der Waals surface area contributed by atoms with Gasteiger partial charge in [-0.2, -0.15) is 0 Å². The van der Waals surface area contributed by atoms with E-state index < -0.39 is 6.10 Å². The maximum absolute atomic E-state index is 12.6. The van der Waals surface area contributed by atoms with Crippen LogP contribution in [0.2, 0.25) is 0 Å². The number of rotatable bonds is 5. The number of anilines is 1. The number of para-hydroxylation sites is 2. The van der Waals surface area contributed by atoms with Gasteiger partial charge in [0.05, 0.1) is 11.3 Å². The summed E-state index contributed by atoms with van der Waals surface area (Å²) in [5.74, 6) is 0.161. The molecule has 0 aromatic heterocycles. The molecule has 1 atom stereocenters. The molecule has 0 fully saturated rings. The summed E-state index contributed by atoms with van der Waals surface area (Å²) in [6, 6.07) is 12.8. The van der Waals surface area contributed by atoms with E-state index in [4.69, 9.17) is 4.74 Å². The minimum absolute atomic E-state index is 0.235. The van der Waals surface area contributed by atoms with Crippen LogP contribution in [-0.4, -0.2) is 23.5 Å². The Bertz CT molecular complexity index is 817. The van der Waals surface area contributed by atoms with Crippen LogP contribution in [0.5, 0.6) is 5.75 Å². The number of hydrogen-bond acceptors (Lipinski definition) is 3. The number of amides is 2. The molecule has 27 heavy (non-hydrogen) atoms. The molecule has 5 nitrogen and oxygen atoms in total. The van der Waals surface area contributed by atoms with Crippen molar-refractivity contribution in [3.05, 3.63) is 59.2 Å². The van der Waals surface area contributed by atoms with Gasteiger partial charge in [-0.3, -0.25) is 9.59 Å². The van der Waals surface area contributed by atoms with Crippen molar-refractivity contribution < 1.29 is 14.3 Å². The van der Waals surface area contributed by atoms with E-state index in [0.717, 1.165) is 11.1 Å². The summed E-state index contributed by atoms with van der Waals surface area (Å²) in [5.41, 5.74) is 2.45. The highest BCUT2D eigenvalue weighted by atomic mass is 16.5. The van der Waals surface area contributed by atoms with Gasteiger partial charge in [-0.1, -0.05) is 30.3 Å². The predicted octanol–water partition coefficient (Wildman–Crippen LogP) is 4.24. The molecular formula is C22H28N2O3. The molecule has 2 aromatic carbocycles. The van der Waals surface area contributed by atoms with Gasteiger partial charge in [0.2, 0.25) is 0 Å². The number of nitrogens with one attached hydrogen (secondary N) is 2. The Balaban J connectivity index is 2.15. The number of aryl methyl sites for hydroxylation is 2. The molecule has 2 amide bonds. The first-order valence-electron chi connectivity index (χ1n) is 9.04. The maximum atomic E-state index is 12.6. The zero-order chi connectivity index (χ0) is 20.2. The van der Waals surface area contributed by atoms with Crippen molar-refractivity contribution in [1.82, 2.24) is 5.32 Å². The van der Waals surface area contributed by atoms with E-state index in [9.17, 15) is 9.59 Å². The van der Waals surface area contributed by atoms with Gasteiger partial charge in [0.15, 0.2) is 6.10 Å². The van der Waals surface area contributed by atoms with Crippen molar-refractivity contribution in [2.24, 2.45) is 0 Å². The van der Waals surface area contributed by atoms with Crippen LogP contribution >= 0.6 is 0 Å². The van der Waals surface area contributed by atoms with Gasteiger partial charge in [-0.05, 0) is 64.8 Å². The lowest BCUT2D eigenvalue weighted by molar-refractivity contribution is -0.122. The Labute approximate surface area is 161 Å². The summed E-state index contributed by atoms with van der Waals surface area (Å²) in [6.45, 7) is 11.3. The summed E-state index contributed by atoms with van der Waals surface area (Å²) in [6.07, 6.45) is -0.705. The Morgan fingerprint density at radius 3 is 2.15 bits per heavy atom. The summed E-state index contributed by atoms with van der Waals surface area (Å²) < 4.78 is 5.88. The molecule has 0 aliphatic rings. The van der Waals surface area contributed by atoms with E-state index in [1.807, 2.05) is 52.8 Å². The Hall–Kier alpha value is -2.82. The summed E-state index contributed by atoms with van der Waals surface area (Å²) in [5, 5.41) is 5.72. The third kappa shape index (κ3) is 5.58. The molecule has 0 aliphatic carbocycles. The number of ether oxygens (including phenoxy) is 1. The lowest BCUT2D eigenvalue weighted by Crippen LogP contribution is -2.41. The van der Waals surface area contributed by atoms with Crippen molar-refractivity contribution in [2.45, 2.75) is 53.2 Å². The van der Waals surface area contributed by atoms with Crippen LogP contribution < -0.4 is 15.4 Å². The van der Waals surface area contributed by atoms with Crippen molar-refractivity contribution in [3.63, 3.8) is 0 Å². The molecule has 0 saturated carbocycles. The average Bonchev–Trinajstić information content (AvgIpc) is 2.57. The number of hydrogen-bond donors (Lipinski definition) is 2. The first-order chi connectivity index (χ1) is 12.6. The van der Waals surface area contributed by atoms with Gasteiger partial charge in [-0.15, -0.1) is 0 Å². The molecule has 5 heteroatoms. The second-order valence-corrected chi connectivity index (χ2v) is 7.72. The monoisotopic (exact) mass is 368 g/mol. The zero-order valence-corrected chi connectivity index (χ0v) is 16.8. The lowest BCUT2D eigenvalue weighted by atomic mass is 10.1. The van der Waals surface area contributed by atoms with E-state index in [1.165, 1.54) is 0 Å². The molecule has 0 radical (unpaired) electrons. The molecule has 1 unspecified atom stereocenters. The van der Waals surface area contributed by atoms with Gasteiger partial charge in [-0.25, -0.2) is 0 Å². The third-order valence-corrected chi connectivity index (χ3v) is 3.99. The first kappa shape index (κ1) is 20.5. The van der Waals surface area contributed by atoms with Gasteiger partial charge in [0.25, 0.3) is 11.8 Å². The molecule has 2 N–H and O–H groups in total. The van der Waals surface area contributed by atoms with E-state index in [0.29, 0.717) is 17.0 Å². The Kier molecular flexibility index (Phi) is 6.26. The Morgan fingerprint density at radius 1 is 0.963 bits per heavy atom. The highest BCUT2D eigenvalue weighted by Crippen LogP contribution is 2.24. The van der Waals surface area contributed by atoms with E-state index in [-0.39, 0.29) is 17.4 Å². The van der Waals surface area contributed by atoms with Crippen molar-refractivity contribution in [3.8, 4) is 5.75 Å². The lowest BCUT2D eigenvalue weighted by Gasteiger charge is -2.22. The molecule has 0 saturated heterocycles. The van der Waals surface area contributed by atoms with Gasteiger partial charge < -0.3 is 15.4 Å². The van der Waals surface area contributed by atoms with E-state index >= 15 is 0 Å². The zero-order valence-electron chi connectivity index (χ0n) is 16.8. The van der Waals surface area contributed by atoms with Crippen LogP contribution in [0.25, 0.3) is 0 Å². The number of carbonyl (C=O) groups excluding carboxylic acids is 2. The smallest absolute Gasteiger partial charge is 0.265 e. The summed E-state index contributed by atoms with van der Waals surface area (Å²) in [7, 11) is 0. The van der Waals surface area contributed by atoms with Crippen LogP contribution in [0.15, 0.2) is 42.5 Å². The fourth-order valence-corrected chi connectivity index (χ4v) is 2.65. The molecule has 2 aromatic rings. The largest absolute Gasteiger partial charge is 0.480 e. The second kappa shape index (κ2) is 8.25. The summed E-state index contributed by atoms with van der Waals surface area (Å²) >= 11 is 0. The highest BCUT2D eigenvalue weighted by molar-refractivity contribution is 6.04. The van der Waals surface area contributed by atoms with Crippen molar-refractivity contribution >= 4 is 17.5 Å². The molecule has 0 heterocycles. The van der Waals surface area contributed by atoms with Crippen LogP contribution in [0.1, 0.15) is 49.2 Å². The molecule has 0 aliphatic heterocycles. The minimum Gasteiger partial charge on any atom is -0.480 e. The van der Waals surface area contributed by atoms with Gasteiger partial charge >= 0.3 is 0 Å². The summed E-state index contributed by atoms with van der Waals surface area (Å²) in [4.78, 5) is 25.2. The van der Waals surface area contributed by atoms with Gasteiger partial charge in [0, 0.05) is 5.54 Å². The van der Waals surface area contributed by atoms with Crippen LogP contribution in [0, 0.1) is 13.8 Å². The van der Waals surface area contributed by atoms with Crippen molar-refractivity contribution in [2.75, 3.05) is 5.32 Å². The van der Waals surface area contributed by atoms with Crippen molar-refractivity contribution in [1.29, 1.82) is 0 Å². The molecule has 0 spiro atoms. The minimum atomic E-state index is -0.705. The molecule has 0 bridgehead atoms. The fraction of sp³-hybridized carbons (Fsp3) is 0.364. The first-order valence-corrected chi connectivity index (χ1v) is 9.04. The van der Waals surface area contributed by atoms with Crippen LogP contribution in [0.3, 0.4) is 0 Å². The highest BCUT2D eigenvalue weighted by Gasteiger charge is 2.21. The normalized spacial score (nSPS) is 12.2. The third-order valence-electron chi connectivity index (χ3n) is 3.99. The van der Waals surface area contributed by atoms with Crippen LogP contribution in [0.4, 0.5) is 5.69 Å². The van der Waals surface area contributed by atoms with Crippen LogP contribution in [-0.2, 0) is 4.79 Å². The number of benzene rings is 2. The quantitative estimate of drug-likeness (QED) is 0.829. The number of carbonyl (C=O) groups is 2. The van der Waals surface area contributed by atoms with E-state index in [2.05, 4.69) is 10.6 Å². The van der Waals surface area contributed by atoms with E-state index in [1.54, 1.807) is 31.2 Å². The fourth-order valence-electron chi connectivity index (χ4n) is 2.65. The Morgan fingerprint density at radius 2 is 1.56 bits per heavy atom.